The third-order valence-electron chi connectivity index (χ3n) is 4.52. The lowest BCUT2D eigenvalue weighted by molar-refractivity contribution is -0.168. The Hall–Kier alpha value is -2.37. The smallest absolute Gasteiger partial charge is 0.344 e. The lowest BCUT2D eigenvalue weighted by atomic mass is 9.85. The SMILES string of the molecule is CCOC(=O)C(Cc1ccc2c(c1)CCCC2)(NC(C)=O)C(=O)OCC. The summed E-state index contributed by atoms with van der Waals surface area (Å²) < 4.78 is 10.2. The summed E-state index contributed by atoms with van der Waals surface area (Å²) in [4.78, 5) is 37.1. The second-order valence-corrected chi connectivity index (χ2v) is 6.51. The third kappa shape index (κ3) is 4.42. The molecule has 142 valence electrons. The van der Waals surface area contributed by atoms with Crippen LogP contribution >= 0.6 is 0 Å². The molecule has 0 aliphatic heterocycles. The molecule has 1 aliphatic rings. The molecule has 0 bridgehead atoms. The van der Waals surface area contributed by atoms with Gasteiger partial charge in [-0.2, -0.15) is 0 Å². The van der Waals surface area contributed by atoms with E-state index in [0.717, 1.165) is 24.8 Å². The maximum absolute atomic E-state index is 12.7. The van der Waals surface area contributed by atoms with Crippen LogP contribution in [0.5, 0.6) is 0 Å². The minimum Gasteiger partial charge on any atom is -0.464 e. The first-order valence-corrected chi connectivity index (χ1v) is 9.16. The maximum Gasteiger partial charge on any atom is 0.344 e. The van der Waals surface area contributed by atoms with Gasteiger partial charge in [-0.25, -0.2) is 9.59 Å². The molecule has 1 aromatic rings. The fourth-order valence-corrected chi connectivity index (χ4v) is 3.39. The fourth-order valence-electron chi connectivity index (χ4n) is 3.39. The monoisotopic (exact) mass is 361 g/mol. The maximum atomic E-state index is 12.7. The van der Waals surface area contributed by atoms with Crippen LogP contribution in [-0.2, 0) is 43.1 Å². The molecular weight excluding hydrogens is 334 g/mol. The Labute approximate surface area is 154 Å². The predicted molar refractivity (Wildman–Crippen MR) is 96.6 cm³/mol. The van der Waals surface area contributed by atoms with Crippen molar-refractivity contribution in [3.63, 3.8) is 0 Å². The third-order valence-corrected chi connectivity index (χ3v) is 4.52. The zero-order valence-electron chi connectivity index (χ0n) is 15.7. The molecule has 0 fully saturated rings. The molecule has 1 aliphatic carbocycles. The van der Waals surface area contributed by atoms with Gasteiger partial charge in [-0.05, 0) is 56.2 Å². The topological polar surface area (TPSA) is 81.7 Å². The molecule has 0 saturated carbocycles. The van der Waals surface area contributed by atoms with Gasteiger partial charge >= 0.3 is 11.9 Å². The quantitative estimate of drug-likeness (QED) is 0.594. The van der Waals surface area contributed by atoms with Crippen LogP contribution in [0.4, 0.5) is 0 Å². The number of ether oxygens (including phenoxy) is 2. The number of benzene rings is 1. The first-order valence-electron chi connectivity index (χ1n) is 9.16. The van der Waals surface area contributed by atoms with Crippen molar-refractivity contribution in [1.82, 2.24) is 5.32 Å². The molecule has 1 aromatic carbocycles. The first-order chi connectivity index (χ1) is 12.4. The Bertz CT molecular complexity index is 665. The van der Waals surface area contributed by atoms with E-state index >= 15 is 0 Å². The van der Waals surface area contributed by atoms with Crippen LogP contribution in [0.2, 0.25) is 0 Å². The van der Waals surface area contributed by atoms with Crippen LogP contribution in [0.1, 0.15) is 50.3 Å². The van der Waals surface area contributed by atoms with Crippen LogP contribution in [0.15, 0.2) is 18.2 Å². The number of rotatable bonds is 7. The molecule has 0 atom stereocenters. The molecule has 0 aromatic heterocycles. The Morgan fingerprint density at radius 1 is 1.00 bits per heavy atom. The molecule has 0 spiro atoms. The number of nitrogens with one attached hydrogen (secondary N) is 1. The molecular formula is C20H27NO5. The number of aryl methyl sites for hydroxylation is 2. The van der Waals surface area contributed by atoms with E-state index in [0.29, 0.717) is 0 Å². The van der Waals surface area contributed by atoms with Gasteiger partial charge in [-0.1, -0.05) is 18.2 Å². The van der Waals surface area contributed by atoms with Crippen LogP contribution in [0.25, 0.3) is 0 Å². The van der Waals surface area contributed by atoms with E-state index in [2.05, 4.69) is 5.32 Å². The van der Waals surface area contributed by atoms with Crippen molar-refractivity contribution in [2.75, 3.05) is 13.2 Å². The van der Waals surface area contributed by atoms with Gasteiger partial charge in [0.1, 0.15) is 0 Å². The Kier molecular flexibility index (Phi) is 6.77. The summed E-state index contributed by atoms with van der Waals surface area (Å²) in [6.07, 6.45) is 4.33. The number of hydrogen-bond acceptors (Lipinski definition) is 5. The Morgan fingerprint density at radius 3 is 2.12 bits per heavy atom. The number of carbonyl (C=O) groups excluding carboxylic acids is 3. The van der Waals surface area contributed by atoms with Gasteiger partial charge in [-0.15, -0.1) is 0 Å². The number of amides is 1. The molecule has 0 radical (unpaired) electrons. The number of hydrogen-bond donors (Lipinski definition) is 1. The second kappa shape index (κ2) is 8.83. The van der Waals surface area contributed by atoms with E-state index in [1.54, 1.807) is 13.8 Å². The number of carbonyl (C=O) groups is 3. The molecule has 26 heavy (non-hydrogen) atoms. The van der Waals surface area contributed by atoms with Crippen molar-refractivity contribution in [1.29, 1.82) is 0 Å². The van der Waals surface area contributed by atoms with Gasteiger partial charge in [0.2, 0.25) is 11.4 Å². The van der Waals surface area contributed by atoms with Crippen LogP contribution in [0.3, 0.4) is 0 Å². The van der Waals surface area contributed by atoms with Gasteiger partial charge in [0.15, 0.2) is 0 Å². The highest BCUT2D eigenvalue weighted by atomic mass is 16.6. The summed E-state index contributed by atoms with van der Waals surface area (Å²) >= 11 is 0. The summed E-state index contributed by atoms with van der Waals surface area (Å²) in [5.41, 5.74) is 1.46. The van der Waals surface area contributed by atoms with Crippen molar-refractivity contribution < 1.29 is 23.9 Å². The van der Waals surface area contributed by atoms with Gasteiger partial charge in [0, 0.05) is 13.3 Å². The van der Waals surface area contributed by atoms with E-state index < -0.39 is 23.4 Å². The molecule has 6 heteroatoms. The Morgan fingerprint density at radius 2 is 1.58 bits per heavy atom. The van der Waals surface area contributed by atoms with E-state index in [1.165, 1.54) is 24.5 Å². The molecule has 1 amide bonds. The summed E-state index contributed by atoms with van der Waals surface area (Å²) in [7, 11) is 0. The highest BCUT2D eigenvalue weighted by Gasteiger charge is 2.50. The van der Waals surface area contributed by atoms with Crippen molar-refractivity contribution >= 4 is 17.8 Å². The minimum atomic E-state index is -1.87. The van der Waals surface area contributed by atoms with E-state index in [1.807, 2.05) is 18.2 Å². The average molecular weight is 361 g/mol. The fraction of sp³-hybridized carbons (Fsp3) is 0.550. The Balaban J connectivity index is 2.42. The lowest BCUT2D eigenvalue weighted by Gasteiger charge is -2.30. The summed E-state index contributed by atoms with van der Waals surface area (Å²) in [6.45, 7) is 4.77. The molecule has 1 N–H and O–H groups in total. The van der Waals surface area contributed by atoms with E-state index in [-0.39, 0.29) is 19.6 Å². The van der Waals surface area contributed by atoms with E-state index in [9.17, 15) is 14.4 Å². The van der Waals surface area contributed by atoms with Crippen molar-refractivity contribution in [2.24, 2.45) is 0 Å². The first kappa shape index (κ1) is 19.9. The van der Waals surface area contributed by atoms with Crippen LogP contribution in [0, 0.1) is 0 Å². The number of esters is 2. The van der Waals surface area contributed by atoms with Crippen LogP contribution < -0.4 is 5.32 Å². The highest BCUT2D eigenvalue weighted by Crippen LogP contribution is 2.25. The minimum absolute atomic E-state index is 0.00245. The average Bonchev–Trinajstić information content (AvgIpc) is 2.61. The van der Waals surface area contributed by atoms with Crippen LogP contribution in [-0.4, -0.2) is 36.6 Å². The van der Waals surface area contributed by atoms with Crippen molar-refractivity contribution in [2.45, 2.75) is 58.4 Å². The predicted octanol–water partition coefficient (Wildman–Crippen LogP) is 2.11. The van der Waals surface area contributed by atoms with Gasteiger partial charge in [-0.3, -0.25) is 4.79 Å². The summed E-state index contributed by atoms with van der Waals surface area (Å²) in [5, 5.41) is 2.50. The van der Waals surface area contributed by atoms with Crippen molar-refractivity contribution in [3.8, 4) is 0 Å². The largest absolute Gasteiger partial charge is 0.464 e. The van der Waals surface area contributed by atoms with Gasteiger partial charge < -0.3 is 14.8 Å². The molecule has 6 nitrogen and oxygen atoms in total. The normalized spacial score (nSPS) is 13.5. The molecule has 2 rings (SSSR count). The number of fused-ring (bicyclic) bond motifs is 1. The standard InChI is InChI=1S/C20H27NO5/c1-4-25-18(23)20(21-14(3)22,19(24)26-5-2)13-15-10-11-16-8-6-7-9-17(16)12-15/h10-12H,4-9,13H2,1-3H3,(H,21,22). The van der Waals surface area contributed by atoms with Crippen molar-refractivity contribution in [3.05, 3.63) is 34.9 Å². The second-order valence-electron chi connectivity index (χ2n) is 6.51. The highest BCUT2D eigenvalue weighted by molar-refractivity contribution is 6.08. The van der Waals surface area contributed by atoms with E-state index in [4.69, 9.17) is 9.47 Å². The zero-order chi connectivity index (χ0) is 19.2. The lowest BCUT2D eigenvalue weighted by Crippen LogP contribution is -2.62. The summed E-state index contributed by atoms with van der Waals surface area (Å²) in [5.74, 6) is -2.10. The zero-order valence-corrected chi connectivity index (χ0v) is 15.7. The van der Waals surface area contributed by atoms with Gasteiger partial charge in [0.25, 0.3) is 0 Å². The molecule has 0 unspecified atom stereocenters. The molecule has 0 saturated heterocycles. The summed E-state index contributed by atoms with van der Waals surface area (Å²) in [6, 6.07) is 5.96. The van der Waals surface area contributed by atoms with Gasteiger partial charge in [0.05, 0.1) is 13.2 Å². The molecule has 0 heterocycles.